The molecule has 0 saturated heterocycles. The number of anilines is 6. The summed E-state index contributed by atoms with van der Waals surface area (Å²) in [4.78, 5) is 4.66. The summed E-state index contributed by atoms with van der Waals surface area (Å²) in [6.07, 6.45) is 5.09. The molecular weight excluding hydrogens is 1710 g/mol. The lowest BCUT2D eigenvalue weighted by atomic mass is 9.81. The van der Waals surface area contributed by atoms with E-state index in [0.717, 1.165) is 50.7 Å². The summed E-state index contributed by atoms with van der Waals surface area (Å²) in [6, 6.07) is 169. The number of aromatic nitrogens is 1. The third-order valence-corrected chi connectivity index (χ3v) is 29.4. The number of unbranched alkanes of at least 4 members (excludes halogenated alkanes) is 2. The molecule has 3 nitrogen and oxygen atoms in total. The van der Waals surface area contributed by atoms with Crippen LogP contribution >= 0.6 is 15.9 Å². The molecule has 0 unspecified atom stereocenters. The van der Waals surface area contributed by atoms with Gasteiger partial charge in [0.15, 0.2) is 0 Å². The zero-order valence-corrected chi connectivity index (χ0v) is 79.0. The highest BCUT2D eigenvalue weighted by molar-refractivity contribution is 9.10. The zero-order valence-electron chi connectivity index (χ0n) is 77.4. The van der Waals surface area contributed by atoms with E-state index in [9.17, 15) is 0 Å². The molecule has 3 aliphatic carbocycles. The largest absolute Gasteiger partial charge is 0.311 e. The lowest BCUT2D eigenvalue weighted by Gasteiger charge is -2.26. The Morgan fingerprint density at radius 2 is 0.493 bits per heavy atom. The standard InChI is InChI=1S/C63H44N2.C34H24.C30H22BrN.C5H12/c1-63(2)59-24-14-13-23-53(59)56-38-58-57-37-54-51-21-11-9-19-49(51)50-20-10-12-22-52(50)55(54)39-61(57)65(62(58)40-60(56)63)48-35-33-47(34-36-48)64(45-29-25-43(26-30-45)41-15-5-3-6-16-41)46-31-27-44(28-32-46)42-17-7-4-8-18-42;1-34(2)32-14-8-7-13-26(32)31-19-28-21(17-33(31)34)15-20-16-29-24-11-5-3-9-22(24)23-10-4-6-12-25(23)30(29)18-27(20)28;31-27-15-21-30(22-16-27)32(28-17-11-25(12-18-28)23-7-3-1-4-8-23)29-19-13-26(14-20-29)24-9-5-2-6-10-24;1-3-5-4-2/h3-40H,1-2H3;3-14,16-19H,15H2,1-2H3;1-22H;3-5H2,1-2H3. The van der Waals surface area contributed by atoms with Gasteiger partial charge in [-0.1, -0.05) is 398 Å². The van der Waals surface area contributed by atoms with E-state index in [-0.39, 0.29) is 10.8 Å². The summed E-state index contributed by atoms with van der Waals surface area (Å²) >= 11 is 3.56. The first-order valence-electron chi connectivity index (χ1n) is 48.0. The van der Waals surface area contributed by atoms with Crippen molar-refractivity contribution in [1.82, 2.24) is 4.57 Å². The van der Waals surface area contributed by atoms with Crippen LogP contribution in [0.15, 0.2) is 466 Å². The quantitative estimate of drug-likeness (QED) is 0.107. The number of hydrogen-bond acceptors (Lipinski definition) is 2. The fraction of sp³-hybridized carbons (Fsp3) is 0.0909. The van der Waals surface area contributed by atoms with Crippen LogP contribution in [0.4, 0.5) is 34.1 Å². The van der Waals surface area contributed by atoms with E-state index in [1.165, 1.54) is 217 Å². The Bertz CT molecular complexity index is 8310. The van der Waals surface area contributed by atoms with Crippen LogP contribution in [0.1, 0.15) is 94.2 Å². The molecule has 0 radical (unpaired) electrons. The van der Waals surface area contributed by atoms with Crippen LogP contribution in [0.5, 0.6) is 0 Å². The van der Waals surface area contributed by atoms with Crippen LogP contribution in [0, 0.1) is 0 Å². The summed E-state index contributed by atoms with van der Waals surface area (Å²) in [6.45, 7) is 13.9. The summed E-state index contributed by atoms with van der Waals surface area (Å²) in [5, 5.41) is 18.4. The van der Waals surface area contributed by atoms with E-state index < -0.39 is 0 Å². The van der Waals surface area contributed by atoms with Crippen molar-refractivity contribution in [2.75, 3.05) is 9.80 Å². The van der Waals surface area contributed by atoms with E-state index in [0.29, 0.717) is 0 Å². The maximum atomic E-state index is 3.56. The molecular formula is C132H102BrN3. The summed E-state index contributed by atoms with van der Waals surface area (Å²) in [5.74, 6) is 0. The first-order chi connectivity index (χ1) is 66.8. The van der Waals surface area contributed by atoms with Crippen LogP contribution in [0.25, 0.3) is 170 Å². The van der Waals surface area contributed by atoms with Gasteiger partial charge in [-0.05, 0) is 322 Å². The normalized spacial score (nSPS) is 12.7. The van der Waals surface area contributed by atoms with Gasteiger partial charge in [0.25, 0.3) is 0 Å². The highest BCUT2D eigenvalue weighted by Gasteiger charge is 2.39. The number of halogens is 1. The summed E-state index contributed by atoms with van der Waals surface area (Å²) in [7, 11) is 0. The minimum absolute atomic E-state index is 0.0485. The van der Waals surface area contributed by atoms with Crippen LogP contribution in [0.2, 0.25) is 0 Å². The molecule has 0 fully saturated rings. The molecule has 0 N–H and O–H groups in total. The predicted octanol–water partition coefficient (Wildman–Crippen LogP) is 37.8. The highest BCUT2D eigenvalue weighted by Crippen LogP contribution is 2.56. The lowest BCUT2D eigenvalue weighted by molar-refractivity contribution is 0.659. The van der Waals surface area contributed by atoms with Crippen LogP contribution in [-0.4, -0.2) is 4.57 Å². The first kappa shape index (κ1) is 84.5. The Kier molecular flexibility index (Phi) is 22.0. The lowest BCUT2D eigenvalue weighted by Crippen LogP contribution is -2.15. The molecule has 1 heterocycles. The van der Waals surface area contributed by atoms with Crippen molar-refractivity contribution < 1.29 is 0 Å². The van der Waals surface area contributed by atoms with Crippen LogP contribution in [0.3, 0.4) is 0 Å². The molecule has 0 spiro atoms. The molecule has 0 bridgehead atoms. The van der Waals surface area contributed by atoms with E-state index in [2.05, 4.69) is 521 Å². The van der Waals surface area contributed by atoms with Gasteiger partial charge in [0.1, 0.15) is 0 Å². The molecule has 652 valence electrons. The molecule has 3 aliphatic rings. The fourth-order valence-corrected chi connectivity index (χ4v) is 22.3. The maximum Gasteiger partial charge on any atom is 0.0547 e. The van der Waals surface area contributed by atoms with Gasteiger partial charge in [0.2, 0.25) is 0 Å². The molecule has 23 aromatic rings. The minimum atomic E-state index is -0.130. The smallest absolute Gasteiger partial charge is 0.0547 e. The van der Waals surface area contributed by atoms with E-state index in [1.807, 2.05) is 12.1 Å². The Labute approximate surface area is 805 Å². The second-order valence-electron chi connectivity index (χ2n) is 37.6. The van der Waals surface area contributed by atoms with Crippen molar-refractivity contribution in [3.8, 4) is 83.6 Å². The molecule has 136 heavy (non-hydrogen) atoms. The van der Waals surface area contributed by atoms with E-state index >= 15 is 0 Å². The molecule has 1 aromatic heterocycles. The Hall–Kier alpha value is -15.7. The van der Waals surface area contributed by atoms with Gasteiger partial charge in [-0.3, -0.25) is 0 Å². The molecule has 26 rings (SSSR count). The second-order valence-corrected chi connectivity index (χ2v) is 38.6. The van der Waals surface area contributed by atoms with Crippen molar-refractivity contribution in [1.29, 1.82) is 0 Å². The van der Waals surface area contributed by atoms with Gasteiger partial charge >= 0.3 is 0 Å². The van der Waals surface area contributed by atoms with Gasteiger partial charge in [-0.15, -0.1) is 0 Å². The Morgan fingerprint density at radius 1 is 0.221 bits per heavy atom. The van der Waals surface area contributed by atoms with Gasteiger partial charge in [0, 0.05) is 65.9 Å². The van der Waals surface area contributed by atoms with Crippen LogP contribution in [-0.2, 0) is 17.3 Å². The molecule has 0 saturated carbocycles. The average molecular weight is 1810 g/mol. The Balaban J connectivity index is 0.000000123. The molecule has 0 amide bonds. The molecule has 0 aliphatic heterocycles. The average Bonchev–Trinajstić information content (AvgIpc) is 1.54. The molecule has 4 heteroatoms. The number of nitrogens with zero attached hydrogens (tertiary/aromatic N) is 3. The summed E-state index contributed by atoms with van der Waals surface area (Å²) < 4.78 is 3.59. The second kappa shape index (κ2) is 35.3. The maximum absolute atomic E-state index is 3.56. The van der Waals surface area contributed by atoms with Gasteiger partial charge in [-0.25, -0.2) is 0 Å². The molecule has 0 atom stereocenters. The van der Waals surface area contributed by atoms with Crippen LogP contribution < -0.4 is 9.80 Å². The van der Waals surface area contributed by atoms with Crippen molar-refractivity contribution in [2.24, 2.45) is 0 Å². The Morgan fingerprint density at radius 3 is 0.875 bits per heavy atom. The fourth-order valence-electron chi connectivity index (χ4n) is 22.0. The zero-order chi connectivity index (χ0) is 91.7. The number of rotatable bonds is 13. The van der Waals surface area contributed by atoms with Crippen molar-refractivity contribution in [3.63, 3.8) is 0 Å². The molecule has 22 aromatic carbocycles. The predicted molar refractivity (Wildman–Crippen MR) is 586 cm³/mol. The van der Waals surface area contributed by atoms with Gasteiger partial charge < -0.3 is 14.4 Å². The third kappa shape index (κ3) is 15.1. The van der Waals surface area contributed by atoms with E-state index in [1.54, 1.807) is 0 Å². The topological polar surface area (TPSA) is 11.4 Å². The minimum Gasteiger partial charge on any atom is -0.311 e. The van der Waals surface area contributed by atoms with Crippen molar-refractivity contribution in [3.05, 3.63) is 499 Å². The van der Waals surface area contributed by atoms with E-state index in [4.69, 9.17) is 0 Å². The van der Waals surface area contributed by atoms with Crippen molar-refractivity contribution >= 4 is 136 Å². The first-order valence-corrected chi connectivity index (χ1v) is 48.8. The summed E-state index contributed by atoms with van der Waals surface area (Å²) in [5.41, 5.74) is 36.7. The number of hydrogen-bond donors (Lipinski definition) is 0. The highest BCUT2D eigenvalue weighted by atomic mass is 79.9. The monoisotopic (exact) mass is 1810 g/mol. The number of benzene rings is 22. The SMILES string of the molecule is Brc1ccc(N(c2ccc(-c3ccccc3)cc2)c2ccc(-c3ccccc3)cc2)cc1.CC1(C)c2ccccc2-c2cc3c(cc21)Cc1cc2c4ccccc4c4ccccc4c2cc1-3.CC1(C)c2ccccc2-c2cc3c4cc5c6ccccc6c6ccccc6c5cc4n(-c4ccc(N(c5ccc(-c6ccccc6)cc5)c5ccc(-c6ccccc6)cc5)cc4)c3cc21.CCCCC. The number of fused-ring (bicyclic) bond motifs is 24. The third-order valence-electron chi connectivity index (χ3n) is 28.9. The van der Waals surface area contributed by atoms with Crippen molar-refractivity contribution in [2.45, 2.75) is 78.1 Å². The van der Waals surface area contributed by atoms with Gasteiger partial charge in [-0.2, -0.15) is 0 Å². The van der Waals surface area contributed by atoms with Gasteiger partial charge in [0.05, 0.1) is 11.0 Å².